The summed E-state index contributed by atoms with van der Waals surface area (Å²) in [5.74, 6) is -2.04. The zero-order valence-corrected chi connectivity index (χ0v) is 15.7. The summed E-state index contributed by atoms with van der Waals surface area (Å²) in [6.07, 6.45) is 2.85. The lowest BCUT2D eigenvalue weighted by Crippen LogP contribution is -2.11. The lowest BCUT2D eigenvalue weighted by atomic mass is 9.96. The zero-order valence-electron chi connectivity index (χ0n) is 14.9. The Morgan fingerprint density at radius 3 is 2.32 bits per heavy atom. The van der Waals surface area contributed by atoms with Gasteiger partial charge >= 0.3 is 11.9 Å². The number of carbonyl (C=O) groups is 2. The van der Waals surface area contributed by atoms with Gasteiger partial charge in [0.05, 0.1) is 36.7 Å². The van der Waals surface area contributed by atoms with E-state index in [9.17, 15) is 14.0 Å². The van der Waals surface area contributed by atoms with Crippen LogP contribution in [-0.4, -0.2) is 36.1 Å². The number of esters is 2. The maximum Gasteiger partial charge on any atom is 0.340 e. The van der Waals surface area contributed by atoms with Crippen LogP contribution < -0.4 is 0 Å². The molecule has 2 aromatic heterocycles. The number of hydrogen-bond donors (Lipinski definition) is 0. The second kappa shape index (κ2) is 8.14. The number of methoxy groups -OCH3 is 2. The van der Waals surface area contributed by atoms with E-state index in [0.29, 0.717) is 0 Å². The molecule has 0 radical (unpaired) electrons. The first-order valence-corrected chi connectivity index (χ1v) is 8.42. The number of rotatable bonds is 4. The molecule has 3 aromatic rings. The third-order valence-electron chi connectivity index (χ3n) is 3.99. The summed E-state index contributed by atoms with van der Waals surface area (Å²) >= 11 is 5.82. The van der Waals surface area contributed by atoms with Gasteiger partial charge < -0.3 is 9.47 Å². The summed E-state index contributed by atoms with van der Waals surface area (Å²) in [7, 11) is 2.43. The number of benzene rings is 1. The van der Waals surface area contributed by atoms with Gasteiger partial charge in [-0.05, 0) is 36.4 Å². The maximum absolute atomic E-state index is 14.5. The zero-order chi connectivity index (χ0) is 20.3. The molecule has 0 unspecified atom stereocenters. The molecule has 6 nitrogen and oxygen atoms in total. The van der Waals surface area contributed by atoms with Gasteiger partial charge in [0, 0.05) is 28.5 Å². The van der Waals surface area contributed by atoms with Crippen molar-refractivity contribution in [2.75, 3.05) is 14.2 Å². The number of halogens is 2. The molecule has 0 atom stereocenters. The highest BCUT2D eigenvalue weighted by Crippen LogP contribution is 2.34. The Kier molecular flexibility index (Phi) is 5.65. The van der Waals surface area contributed by atoms with Crippen molar-refractivity contribution in [3.05, 3.63) is 70.8 Å². The van der Waals surface area contributed by atoms with Crippen molar-refractivity contribution < 1.29 is 23.5 Å². The molecule has 28 heavy (non-hydrogen) atoms. The number of aromatic nitrogens is 2. The minimum Gasteiger partial charge on any atom is -0.465 e. The summed E-state index contributed by atoms with van der Waals surface area (Å²) in [6.45, 7) is 0. The molecule has 0 aliphatic rings. The van der Waals surface area contributed by atoms with Crippen LogP contribution in [-0.2, 0) is 9.47 Å². The van der Waals surface area contributed by atoms with Crippen LogP contribution in [0.3, 0.4) is 0 Å². The van der Waals surface area contributed by atoms with Crippen LogP contribution in [0.5, 0.6) is 0 Å². The Morgan fingerprint density at radius 2 is 1.64 bits per heavy atom. The molecule has 0 aliphatic heterocycles. The van der Waals surface area contributed by atoms with E-state index in [1.807, 2.05) is 0 Å². The molecule has 0 saturated carbocycles. The van der Waals surface area contributed by atoms with Crippen LogP contribution in [0.25, 0.3) is 22.5 Å². The van der Waals surface area contributed by atoms with Gasteiger partial charge in [0.1, 0.15) is 5.82 Å². The van der Waals surface area contributed by atoms with Crippen LogP contribution in [0.15, 0.2) is 48.8 Å². The first kappa shape index (κ1) is 19.4. The van der Waals surface area contributed by atoms with Crippen LogP contribution in [0, 0.1) is 5.82 Å². The van der Waals surface area contributed by atoms with Crippen molar-refractivity contribution in [2.24, 2.45) is 0 Å². The SMILES string of the molecule is COC(=O)c1cccnc1-c1ccnc(-c2ccc(Cl)cc2F)c1C(=O)OC. The predicted molar refractivity (Wildman–Crippen MR) is 101 cm³/mol. The average Bonchev–Trinajstić information content (AvgIpc) is 2.72. The number of nitrogens with zero attached hydrogens (tertiary/aromatic N) is 2. The topological polar surface area (TPSA) is 78.4 Å². The third kappa shape index (κ3) is 3.57. The van der Waals surface area contributed by atoms with Crippen molar-refractivity contribution in [3.63, 3.8) is 0 Å². The van der Waals surface area contributed by atoms with Crippen molar-refractivity contribution in [2.45, 2.75) is 0 Å². The number of ether oxygens (including phenoxy) is 2. The summed E-state index contributed by atoms with van der Waals surface area (Å²) in [4.78, 5) is 33.1. The summed E-state index contributed by atoms with van der Waals surface area (Å²) < 4.78 is 24.2. The highest BCUT2D eigenvalue weighted by Gasteiger charge is 2.25. The van der Waals surface area contributed by atoms with E-state index in [2.05, 4.69) is 9.97 Å². The summed E-state index contributed by atoms with van der Waals surface area (Å²) in [6, 6.07) is 8.59. The number of carbonyl (C=O) groups excluding carboxylic acids is 2. The fourth-order valence-electron chi connectivity index (χ4n) is 2.75. The normalized spacial score (nSPS) is 10.4. The molecule has 1 aromatic carbocycles. The summed E-state index contributed by atoms with van der Waals surface area (Å²) in [5, 5.41) is 0.203. The minimum atomic E-state index is -0.756. The van der Waals surface area contributed by atoms with E-state index in [1.54, 1.807) is 6.07 Å². The van der Waals surface area contributed by atoms with Crippen LogP contribution in [0.4, 0.5) is 4.39 Å². The molecule has 0 fully saturated rings. The van der Waals surface area contributed by atoms with Crippen molar-refractivity contribution in [1.82, 2.24) is 9.97 Å². The fourth-order valence-corrected chi connectivity index (χ4v) is 2.91. The molecule has 3 rings (SSSR count). The van der Waals surface area contributed by atoms with Crippen molar-refractivity contribution in [1.29, 1.82) is 0 Å². The van der Waals surface area contributed by atoms with E-state index in [4.69, 9.17) is 21.1 Å². The Balaban J connectivity index is 2.33. The second-order valence-electron chi connectivity index (χ2n) is 5.59. The second-order valence-corrected chi connectivity index (χ2v) is 6.03. The average molecular weight is 401 g/mol. The predicted octanol–water partition coefficient (Wildman–Crippen LogP) is 4.18. The lowest BCUT2D eigenvalue weighted by Gasteiger charge is -2.14. The number of hydrogen-bond acceptors (Lipinski definition) is 6. The van der Waals surface area contributed by atoms with E-state index in [-0.39, 0.29) is 38.7 Å². The summed E-state index contributed by atoms with van der Waals surface area (Å²) in [5.41, 5.74) is 0.654. The van der Waals surface area contributed by atoms with Gasteiger partial charge in [-0.15, -0.1) is 0 Å². The molecule has 0 N–H and O–H groups in total. The molecule has 0 amide bonds. The van der Waals surface area contributed by atoms with Gasteiger partial charge in [-0.25, -0.2) is 14.0 Å². The first-order valence-electron chi connectivity index (χ1n) is 8.04. The van der Waals surface area contributed by atoms with E-state index in [1.165, 1.54) is 50.9 Å². The highest BCUT2D eigenvalue weighted by molar-refractivity contribution is 6.30. The van der Waals surface area contributed by atoms with Gasteiger partial charge in [0.15, 0.2) is 0 Å². The lowest BCUT2D eigenvalue weighted by molar-refractivity contribution is 0.0590. The van der Waals surface area contributed by atoms with E-state index in [0.717, 1.165) is 6.07 Å². The van der Waals surface area contributed by atoms with Crippen molar-refractivity contribution >= 4 is 23.5 Å². The quantitative estimate of drug-likeness (QED) is 0.611. The minimum absolute atomic E-state index is 0.0323. The Bertz CT molecular complexity index is 1070. The molecular formula is C20H14ClFN2O4. The smallest absolute Gasteiger partial charge is 0.340 e. The van der Waals surface area contributed by atoms with E-state index >= 15 is 0 Å². The van der Waals surface area contributed by atoms with E-state index < -0.39 is 17.8 Å². The molecular weight excluding hydrogens is 387 g/mol. The molecule has 8 heteroatoms. The largest absolute Gasteiger partial charge is 0.465 e. The first-order chi connectivity index (χ1) is 13.5. The monoisotopic (exact) mass is 400 g/mol. The maximum atomic E-state index is 14.5. The molecule has 142 valence electrons. The fraction of sp³-hybridized carbons (Fsp3) is 0.100. The molecule has 0 spiro atoms. The van der Waals surface area contributed by atoms with Crippen molar-refractivity contribution in [3.8, 4) is 22.5 Å². The van der Waals surface area contributed by atoms with Crippen LogP contribution in [0.2, 0.25) is 5.02 Å². The standard InChI is InChI=1S/C20H14ClFN2O4/c1-27-19(25)14-4-3-8-23-17(14)13-7-9-24-18(16(13)20(26)28-2)12-6-5-11(21)10-15(12)22/h3-10H,1-2H3. The molecule has 0 aliphatic carbocycles. The van der Waals surface area contributed by atoms with Gasteiger partial charge in [-0.1, -0.05) is 11.6 Å². The molecule has 0 saturated heterocycles. The van der Waals surface area contributed by atoms with Crippen LogP contribution >= 0.6 is 11.6 Å². The Hall–Kier alpha value is -3.32. The Morgan fingerprint density at radius 1 is 0.929 bits per heavy atom. The molecule has 0 bridgehead atoms. The van der Waals surface area contributed by atoms with Crippen LogP contribution in [0.1, 0.15) is 20.7 Å². The van der Waals surface area contributed by atoms with Gasteiger partial charge in [0.25, 0.3) is 0 Å². The van der Waals surface area contributed by atoms with Gasteiger partial charge in [-0.2, -0.15) is 0 Å². The van der Waals surface area contributed by atoms with Gasteiger partial charge in [-0.3, -0.25) is 9.97 Å². The highest BCUT2D eigenvalue weighted by atomic mass is 35.5. The Labute approximate surface area is 164 Å². The third-order valence-corrected chi connectivity index (χ3v) is 4.23. The molecule has 2 heterocycles. The number of pyridine rings is 2. The van der Waals surface area contributed by atoms with Gasteiger partial charge in [0.2, 0.25) is 0 Å².